The second kappa shape index (κ2) is 47.4. The maximum Gasteiger partial charge on any atom is 0.306 e. The van der Waals surface area contributed by atoms with E-state index in [4.69, 9.17) is 14.2 Å². The Morgan fingerprint density at radius 2 is 1.03 bits per heavy atom. The van der Waals surface area contributed by atoms with E-state index in [2.05, 4.69) is 74.7 Å². The van der Waals surface area contributed by atoms with Crippen LogP contribution < -0.4 is 5.32 Å². The lowest BCUT2D eigenvalue weighted by atomic mass is 9.99. The van der Waals surface area contributed by atoms with E-state index in [1.807, 2.05) is 6.08 Å². The molecular weight excluding hydrogens is 883 g/mol. The minimum Gasteiger partial charge on any atom is -0.454 e. The molecule has 1 amide bonds. The van der Waals surface area contributed by atoms with Gasteiger partial charge in [-0.3, -0.25) is 9.59 Å². The molecule has 0 aromatic carbocycles. The van der Waals surface area contributed by atoms with E-state index in [1.54, 1.807) is 6.08 Å². The molecule has 1 aliphatic rings. The zero-order valence-electron chi connectivity index (χ0n) is 44.6. The van der Waals surface area contributed by atoms with E-state index < -0.39 is 67.4 Å². The molecule has 11 nitrogen and oxygen atoms in total. The Bertz CT molecular complexity index is 1370. The fraction of sp³-hybridized carbons (Fsp3) is 0.797. The Morgan fingerprint density at radius 3 is 1.56 bits per heavy atom. The number of ether oxygens (including phenoxy) is 3. The van der Waals surface area contributed by atoms with E-state index in [9.17, 15) is 35.1 Å². The zero-order valence-corrected chi connectivity index (χ0v) is 44.6. The number of hydrogen-bond donors (Lipinski definition) is 6. The Balaban J connectivity index is 2.72. The van der Waals surface area contributed by atoms with Crippen LogP contribution in [0.5, 0.6) is 0 Å². The van der Waals surface area contributed by atoms with Gasteiger partial charge in [-0.05, 0) is 83.5 Å². The Hall–Kier alpha value is -2.64. The molecule has 0 radical (unpaired) electrons. The van der Waals surface area contributed by atoms with Gasteiger partial charge in [-0.25, -0.2) is 0 Å². The van der Waals surface area contributed by atoms with Gasteiger partial charge in [0.1, 0.15) is 24.4 Å². The molecule has 1 heterocycles. The molecule has 1 aliphatic heterocycles. The number of esters is 1. The number of allylic oxidation sites excluding steroid dienone is 9. The average molecular weight is 988 g/mol. The normalized spacial score (nSPS) is 20.1. The van der Waals surface area contributed by atoms with Gasteiger partial charge in [-0.2, -0.15) is 0 Å². The number of carbonyl (C=O) groups is 2. The molecule has 0 aromatic rings. The first kappa shape index (κ1) is 65.4. The molecule has 8 atom stereocenters. The Morgan fingerprint density at radius 1 is 0.571 bits per heavy atom. The van der Waals surface area contributed by atoms with E-state index in [0.29, 0.717) is 12.8 Å². The van der Waals surface area contributed by atoms with Crippen molar-refractivity contribution in [2.75, 3.05) is 13.2 Å². The maximum atomic E-state index is 13.3. The molecule has 0 aliphatic carbocycles. The van der Waals surface area contributed by atoms with Gasteiger partial charge in [-0.1, -0.05) is 210 Å². The fourth-order valence-corrected chi connectivity index (χ4v) is 8.60. The molecule has 0 saturated carbocycles. The van der Waals surface area contributed by atoms with E-state index >= 15 is 0 Å². The van der Waals surface area contributed by atoms with Crippen molar-refractivity contribution in [3.05, 3.63) is 60.8 Å². The number of hydrogen-bond acceptors (Lipinski definition) is 10. The summed E-state index contributed by atoms with van der Waals surface area (Å²) in [6, 6.07) is -1.03. The number of rotatable bonds is 47. The first-order valence-corrected chi connectivity index (χ1v) is 28.6. The molecule has 1 rings (SSSR count). The molecule has 406 valence electrons. The Kier molecular flexibility index (Phi) is 44.2. The van der Waals surface area contributed by atoms with Gasteiger partial charge in [0.2, 0.25) is 5.91 Å². The van der Waals surface area contributed by atoms with Crippen LogP contribution in [0.25, 0.3) is 0 Å². The molecule has 0 spiro atoms. The lowest BCUT2D eigenvalue weighted by Gasteiger charge is -2.41. The lowest BCUT2D eigenvalue weighted by molar-refractivity contribution is -0.305. The van der Waals surface area contributed by atoms with E-state index in [1.165, 1.54) is 83.5 Å². The number of nitrogens with one attached hydrogen (secondary N) is 1. The SMILES string of the molecule is CC/C=C/C/C=C/CCCCCCCCC(O)C(=O)NC(COC1OC(CO)C(O)C(O)C1OC(=O)CCCCCCCCC/C=C\C/C=C\CCCCC)C(O)/C=C/CCCCCCCCCCC. The second-order valence-corrected chi connectivity index (χ2v) is 19.6. The summed E-state index contributed by atoms with van der Waals surface area (Å²) in [6.07, 6.45) is 46.9. The highest BCUT2D eigenvalue weighted by molar-refractivity contribution is 5.80. The topological polar surface area (TPSA) is 175 Å². The van der Waals surface area contributed by atoms with Gasteiger partial charge in [0.25, 0.3) is 0 Å². The molecule has 1 saturated heterocycles. The van der Waals surface area contributed by atoms with Crippen molar-refractivity contribution >= 4 is 11.9 Å². The average Bonchev–Trinajstić information content (AvgIpc) is 3.36. The van der Waals surface area contributed by atoms with Crippen molar-refractivity contribution in [3.8, 4) is 0 Å². The molecule has 6 N–H and O–H groups in total. The smallest absolute Gasteiger partial charge is 0.306 e. The van der Waals surface area contributed by atoms with Gasteiger partial charge in [0, 0.05) is 6.42 Å². The van der Waals surface area contributed by atoms with Crippen LogP contribution in [-0.4, -0.2) is 99.6 Å². The van der Waals surface area contributed by atoms with Crippen molar-refractivity contribution in [2.24, 2.45) is 0 Å². The van der Waals surface area contributed by atoms with Crippen molar-refractivity contribution in [1.29, 1.82) is 0 Å². The number of carbonyl (C=O) groups excluding carboxylic acids is 2. The third kappa shape index (κ3) is 35.5. The highest BCUT2D eigenvalue weighted by atomic mass is 16.7. The summed E-state index contributed by atoms with van der Waals surface area (Å²) < 4.78 is 17.6. The van der Waals surface area contributed by atoms with Crippen molar-refractivity contribution in [3.63, 3.8) is 0 Å². The third-order valence-electron chi connectivity index (χ3n) is 13.2. The monoisotopic (exact) mass is 988 g/mol. The molecule has 0 aromatic heterocycles. The quantitative estimate of drug-likeness (QED) is 0.0196. The van der Waals surface area contributed by atoms with Crippen LogP contribution in [0.1, 0.15) is 239 Å². The van der Waals surface area contributed by atoms with Gasteiger partial charge >= 0.3 is 5.97 Å². The molecule has 8 unspecified atom stereocenters. The molecule has 70 heavy (non-hydrogen) atoms. The predicted molar refractivity (Wildman–Crippen MR) is 287 cm³/mol. The van der Waals surface area contributed by atoms with E-state index in [0.717, 1.165) is 109 Å². The van der Waals surface area contributed by atoms with E-state index in [-0.39, 0.29) is 19.4 Å². The third-order valence-corrected chi connectivity index (χ3v) is 13.2. The molecule has 1 fully saturated rings. The minimum absolute atomic E-state index is 0.112. The largest absolute Gasteiger partial charge is 0.454 e. The minimum atomic E-state index is -1.62. The highest BCUT2D eigenvalue weighted by Gasteiger charge is 2.47. The van der Waals surface area contributed by atoms with Gasteiger partial charge in [0.15, 0.2) is 12.4 Å². The van der Waals surface area contributed by atoms with Crippen LogP contribution in [0.15, 0.2) is 60.8 Å². The Labute approximate surface area is 427 Å². The summed E-state index contributed by atoms with van der Waals surface area (Å²) in [4.78, 5) is 26.4. The van der Waals surface area contributed by atoms with Crippen LogP contribution in [0.4, 0.5) is 0 Å². The van der Waals surface area contributed by atoms with Crippen LogP contribution >= 0.6 is 0 Å². The van der Waals surface area contributed by atoms with Gasteiger partial charge < -0.3 is 45.1 Å². The summed E-state index contributed by atoms with van der Waals surface area (Å²) in [5.41, 5.74) is 0. The number of unbranched alkanes of at least 4 members (excludes halogenated alkanes) is 25. The molecule has 11 heteroatoms. The summed E-state index contributed by atoms with van der Waals surface area (Å²) in [5, 5.41) is 56.7. The van der Waals surface area contributed by atoms with Crippen LogP contribution in [0.3, 0.4) is 0 Å². The van der Waals surface area contributed by atoms with Gasteiger partial charge in [-0.15, -0.1) is 0 Å². The first-order valence-electron chi connectivity index (χ1n) is 28.6. The summed E-state index contributed by atoms with van der Waals surface area (Å²) in [5.74, 6) is -1.21. The summed E-state index contributed by atoms with van der Waals surface area (Å²) >= 11 is 0. The number of aliphatic hydroxyl groups is 5. The number of amides is 1. The summed E-state index contributed by atoms with van der Waals surface area (Å²) in [6.45, 7) is 5.62. The van der Waals surface area contributed by atoms with Crippen molar-refractivity contribution in [1.82, 2.24) is 5.32 Å². The second-order valence-electron chi connectivity index (χ2n) is 19.6. The maximum absolute atomic E-state index is 13.3. The molecular formula is C59H105NO10. The molecule has 0 bridgehead atoms. The van der Waals surface area contributed by atoms with Crippen molar-refractivity contribution in [2.45, 2.75) is 288 Å². The standard InChI is InChI=1S/C59H105NO10/c1-4-7-10-13-16-19-22-24-25-26-27-29-32-35-38-41-44-47-54(64)70-57-56(66)55(65)53(48-61)69-59(57)68-49-50(51(62)45-42-39-36-33-30-21-18-15-12-9-6-3)60-58(67)52(63)46-43-40-37-34-31-28-23-20-17-14-11-8-5-2/h8,11,16-17,19-20,24-25,42,45,50-53,55-57,59,61-63,65-66H,4-7,9-10,12-15,18,21-23,26-41,43-44,46-49H2,1-3H3,(H,60,67)/b11-8+,19-16-,20-17+,25-24-,45-42+. The fourth-order valence-electron chi connectivity index (χ4n) is 8.60. The first-order chi connectivity index (χ1) is 34.2. The van der Waals surface area contributed by atoms with Gasteiger partial charge in [0.05, 0.1) is 25.4 Å². The lowest BCUT2D eigenvalue weighted by Crippen LogP contribution is -2.61. The van der Waals surface area contributed by atoms with Crippen LogP contribution in [0.2, 0.25) is 0 Å². The number of aliphatic hydroxyl groups excluding tert-OH is 5. The van der Waals surface area contributed by atoms with Crippen LogP contribution in [0, 0.1) is 0 Å². The summed E-state index contributed by atoms with van der Waals surface area (Å²) in [7, 11) is 0. The van der Waals surface area contributed by atoms with Crippen LogP contribution in [-0.2, 0) is 23.8 Å². The highest BCUT2D eigenvalue weighted by Crippen LogP contribution is 2.26. The van der Waals surface area contributed by atoms with Crippen molar-refractivity contribution < 1.29 is 49.3 Å². The predicted octanol–water partition coefficient (Wildman–Crippen LogP) is 12.7. The zero-order chi connectivity index (χ0) is 51.1.